The van der Waals surface area contributed by atoms with Gasteiger partial charge in [-0.05, 0) is 44.0 Å². The molecular weight excluding hydrogens is 292 g/mol. The number of carbonyl (C=O) groups is 2. The van der Waals surface area contributed by atoms with E-state index < -0.39 is 5.97 Å². The van der Waals surface area contributed by atoms with Gasteiger partial charge in [0.1, 0.15) is 0 Å². The van der Waals surface area contributed by atoms with Gasteiger partial charge in [-0.25, -0.2) is 4.79 Å². The Bertz CT molecular complexity index is 488. The lowest BCUT2D eigenvalue weighted by molar-refractivity contribution is -0.116. The van der Waals surface area contributed by atoms with E-state index in [1.165, 1.54) is 13.5 Å². The minimum absolute atomic E-state index is 0. The first-order valence-corrected chi connectivity index (χ1v) is 6.90. The third-order valence-corrected chi connectivity index (χ3v) is 3.45. The van der Waals surface area contributed by atoms with Crippen LogP contribution in [0.15, 0.2) is 24.3 Å². The number of esters is 1. The summed E-state index contributed by atoms with van der Waals surface area (Å²) in [5, 5.41) is 6.18. The normalized spacial score (nSPS) is 16.9. The van der Waals surface area contributed by atoms with Crippen LogP contribution in [0, 0.1) is 0 Å². The third kappa shape index (κ3) is 5.36. The molecule has 2 N–H and O–H groups in total. The molecule has 21 heavy (non-hydrogen) atoms. The van der Waals surface area contributed by atoms with Gasteiger partial charge >= 0.3 is 5.97 Å². The molecule has 6 heteroatoms. The van der Waals surface area contributed by atoms with Gasteiger partial charge in [0.15, 0.2) is 0 Å². The zero-order valence-corrected chi connectivity index (χ0v) is 12.9. The topological polar surface area (TPSA) is 67.4 Å². The summed E-state index contributed by atoms with van der Waals surface area (Å²) < 4.78 is 4.65. The molecule has 1 saturated heterocycles. The van der Waals surface area contributed by atoms with Crippen molar-refractivity contribution in [3.05, 3.63) is 29.8 Å². The molecule has 1 fully saturated rings. The number of amides is 1. The maximum absolute atomic E-state index is 11.9. The van der Waals surface area contributed by atoms with Crippen molar-refractivity contribution in [2.24, 2.45) is 0 Å². The highest BCUT2D eigenvalue weighted by Gasteiger charge is 2.15. The summed E-state index contributed by atoms with van der Waals surface area (Å²) >= 11 is 0. The fraction of sp³-hybridized carbons (Fsp3) is 0.467. The van der Waals surface area contributed by atoms with Crippen molar-refractivity contribution in [2.45, 2.75) is 31.7 Å². The van der Waals surface area contributed by atoms with Gasteiger partial charge in [0.05, 0.1) is 12.7 Å². The number of ether oxygens (including phenoxy) is 1. The van der Waals surface area contributed by atoms with Crippen LogP contribution >= 0.6 is 12.4 Å². The maximum atomic E-state index is 11.9. The Morgan fingerprint density at radius 3 is 2.90 bits per heavy atom. The molecule has 1 atom stereocenters. The molecule has 1 aromatic carbocycles. The number of carbonyl (C=O) groups excluding carboxylic acids is 2. The second-order valence-electron chi connectivity index (χ2n) is 4.95. The number of methoxy groups -OCH3 is 1. The number of hydrogen-bond donors (Lipinski definition) is 2. The summed E-state index contributed by atoms with van der Waals surface area (Å²) in [6.07, 6.45) is 3.67. The first-order chi connectivity index (χ1) is 9.69. The lowest BCUT2D eigenvalue weighted by atomic mass is 10.1. The average Bonchev–Trinajstić information content (AvgIpc) is 2.98. The Hall–Kier alpha value is -1.59. The highest BCUT2D eigenvalue weighted by atomic mass is 35.5. The predicted octanol–water partition coefficient (Wildman–Crippen LogP) is 2.37. The van der Waals surface area contributed by atoms with Crippen LogP contribution in [0.4, 0.5) is 5.69 Å². The molecule has 1 aromatic rings. The van der Waals surface area contributed by atoms with Gasteiger partial charge in [0.2, 0.25) is 5.91 Å². The van der Waals surface area contributed by atoms with E-state index in [0.717, 1.165) is 19.4 Å². The van der Waals surface area contributed by atoms with E-state index in [4.69, 9.17) is 0 Å². The van der Waals surface area contributed by atoms with Crippen molar-refractivity contribution in [1.29, 1.82) is 0 Å². The lowest BCUT2D eigenvalue weighted by Gasteiger charge is -2.10. The summed E-state index contributed by atoms with van der Waals surface area (Å²) in [5.41, 5.74) is 1.06. The van der Waals surface area contributed by atoms with Crippen molar-refractivity contribution >= 4 is 30.0 Å². The molecule has 0 spiro atoms. The summed E-state index contributed by atoms with van der Waals surface area (Å²) in [6, 6.07) is 7.22. The van der Waals surface area contributed by atoms with E-state index in [-0.39, 0.29) is 18.3 Å². The molecule has 1 aliphatic heterocycles. The molecule has 1 amide bonds. The first-order valence-electron chi connectivity index (χ1n) is 6.90. The first kappa shape index (κ1) is 17.5. The Kier molecular flexibility index (Phi) is 7.19. The molecule has 1 unspecified atom stereocenters. The number of anilines is 1. The van der Waals surface area contributed by atoms with Crippen LogP contribution in [-0.2, 0) is 9.53 Å². The zero-order valence-electron chi connectivity index (χ0n) is 12.1. The molecule has 5 nitrogen and oxygen atoms in total. The van der Waals surface area contributed by atoms with E-state index in [2.05, 4.69) is 15.4 Å². The standard InChI is InChI=1S/C15H20N2O3.ClH/c1-20-15(19)11-4-2-5-13(10-11)17-14(18)8-7-12-6-3-9-16-12;/h2,4-5,10,12,16H,3,6-9H2,1H3,(H,17,18);1H. The number of benzene rings is 1. The van der Waals surface area contributed by atoms with E-state index in [1.807, 2.05) is 0 Å². The van der Waals surface area contributed by atoms with Gasteiger partial charge in [0.25, 0.3) is 0 Å². The SMILES string of the molecule is COC(=O)c1cccc(NC(=O)CCC2CCCN2)c1.Cl. The van der Waals surface area contributed by atoms with Gasteiger partial charge in [-0.15, -0.1) is 12.4 Å². The van der Waals surface area contributed by atoms with E-state index in [9.17, 15) is 9.59 Å². The zero-order chi connectivity index (χ0) is 14.4. The van der Waals surface area contributed by atoms with E-state index >= 15 is 0 Å². The molecule has 0 bridgehead atoms. The van der Waals surface area contributed by atoms with Gasteiger partial charge in [-0.3, -0.25) is 4.79 Å². The monoisotopic (exact) mass is 312 g/mol. The van der Waals surface area contributed by atoms with Crippen molar-refractivity contribution in [3.63, 3.8) is 0 Å². The summed E-state index contributed by atoms with van der Waals surface area (Å²) in [4.78, 5) is 23.3. The largest absolute Gasteiger partial charge is 0.465 e. The van der Waals surface area contributed by atoms with Crippen LogP contribution < -0.4 is 10.6 Å². The van der Waals surface area contributed by atoms with Crippen LogP contribution in [0.25, 0.3) is 0 Å². The average molecular weight is 313 g/mol. The second-order valence-corrected chi connectivity index (χ2v) is 4.95. The molecule has 0 aliphatic carbocycles. The molecular formula is C15H21ClN2O3. The van der Waals surface area contributed by atoms with Crippen molar-refractivity contribution < 1.29 is 14.3 Å². The van der Waals surface area contributed by atoms with Crippen LogP contribution in [0.2, 0.25) is 0 Å². The van der Waals surface area contributed by atoms with E-state index in [1.54, 1.807) is 24.3 Å². The third-order valence-electron chi connectivity index (χ3n) is 3.45. The molecule has 2 rings (SSSR count). The number of rotatable bonds is 5. The maximum Gasteiger partial charge on any atom is 0.337 e. The Balaban J connectivity index is 0.00000220. The molecule has 1 heterocycles. The van der Waals surface area contributed by atoms with E-state index in [0.29, 0.717) is 23.7 Å². The molecule has 0 radical (unpaired) electrons. The fourth-order valence-electron chi connectivity index (χ4n) is 2.37. The molecule has 1 aliphatic rings. The molecule has 0 saturated carbocycles. The van der Waals surface area contributed by atoms with Crippen molar-refractivity contribution in [1.82, 2.24) is 5.32 Å². The molecule has 116 valence electrons. The number of hydrogen-bond acceptors (Lipinski definition) is 4. The quantitative estimate of drug-likeness (QED) is 0.819. The number of nitrogens with one attached hydrogen (secondary N) is 2. The Morgan fingerprint density at radius 2 is 2.24 bits per heavy atom. The highest BCUT2D eigenvalue weighted by molar-refractivity contribution is 5.94. The van der Waals surface area contributed by atoms with Gasteiger partial charge in [-0.1, -0.05) is 6.07 Å². The number of halogens is 1. The minimum atomic E-state index is -0.406. The second kappa shape index (κ2) is 8.64. The van der Waals surface area contributed by atoms with Crippen LogP contribution in [0.5, 0.6) is 0 Å². The lowest BCUT2D eigenvalue weighted by Crippen LogP contribution is -2.23. The van der Waals surface area contributed by atoms with Gasteiger partial charge in [-0.2, -0.15) is 0 Å². The Labute approximate surface area is 130 Å². The van der Waals surface area contributed by atoms with Crippen molar-refractivity contribution in [2.75, 3.05) is 19.0 Å². The summed E-state index contributed by atoms with van der Waals surface area (Å²) in [6.45, 7) is 1.05. The molecule has 0 aromatic heterocycles. The van der Waals surface area contributed by atoms with Crippen LogP contribution in [0.1, 0.15) is 36.0 Å². The van der Waals surface area contributed by atoms with Crippen LogP contribution in [0.3, 0.4) is 0 Å². The summed E-state index contributed by atoms with van der Waals surface area (Å²) in [7, 11) is 1.34. The predicted molar refractivity (Wildman–Crippen MR) is 83.9 cm³/mol. The minimum Gasteiger partial charge on any atom is -0.465 e. The van der Waals surface area contributed by atoms with Gasteiger partial charge in [0, 0.05) is 18.2 Å². The Morgan fingerprint density at radius 1 is 1.43 bits per heavy atom. The smallest absolute Gasteiger partial charge is 0.337 e. The van der Waals surface area contributed by atoms with Gasteiger partial charge < -0.3 is 15.4 Å². The highest BCUT2D eigenvalue weighted by Crippen LogP contribution is 2.14. The fourth-order valence-corrected chi connectivity index (χ4v) is 2.37. The van der Waals surface area contributed by atoms with Crippen molar-refractivity contribution in [3.8, 4) is 0 Å². The van der Waals surface area contributed by atoms with Crippen LogP contribution in [-0.4, -0.2) is 31.6 Å². The summed E-state index contributed by atoms with van der Waals surface area (Å²) in [5.74, 6) is -0.433.